The third-order valence-corrected chi connectivity index (χ3v) is 3.73. The number of sulfonamides is 1. The van der Waals surface area contributed by atoms with E-state index in [4.69, 9.17) is 5.14 Å². The van der Waals surface area contributed by atoms with Crippen molar-refractivity contribution in [1.29, 1.82) is 0 Å². The Morgan fingerprint density at radius 1 is 1.30 bits per heavy atom. The maximum atomic E-state index is 11.9. The summed E-state index contributed by atoms with van der Waals surface area (Å²) >= 11 is 0. The average Bonchev–Trinajstić information content (AvgIpc) is 2.85. The normalized spacial score (nSPS) is 11.3. The number of nitrogens with two attached hydrogens (primary N) is 1. The fourth-order valence-electron chi connectivity index (χ4n) is 1.85. The highest BCUT2D eigenvalue weighted by atomic mass is 32.2. The van der Waals surface area contributed by atoms with Gasteiger partial charge in [0.2, 0.25) is 10.0 Å². The molecule has 20 heavy (non-hydrogen) atoms. The number of nitrogens with one attached hydrogen (secondary N) is 2. The van der Waals surface area contributed by atoms with Crippen molar-refractivity contribution in [2.45, 2.75) is 18.7 Å². The van der Waals surface area contributed by atoms with Crippen LogP contribution < -0.4 is 10.5 Å². The standard InChI is InChI=1S/C12H14N4O3S/c1-7-3-10(20(13,18)19)4-8(2)11(7)16-12(17)9-5-14-15-6-9/h3-6H,1-2H3,(H,14,15)(H,16,17)(H2,13,18,19). The molecule has 2 rings (SSSR count). The van der Waals surface area contributed by atoms with Crippen molar-refractivity contribution in [3.8, 4) is 0 Å². The molecule has 0 spiro atoms. The second-order valence-corrected chi connectivity index (χ2v) is 5.98. The molecule has 0 bridgehead atoms. The van der Waals surface area contributed by atoms with Crippen LogP contribution in [0.5, 0.6) is 0 Å². The summed E-state index contributed by atoms with van der Waals surface area (Å²) in [4.78, 5) is 12.0. The maximum Gasteiger partial charge on any atom is 0.258 e. The Labute approximate surface area is 116 Å². The van der Waals surface area contributed by atoms with E-state index in [9.17, 15) is 13.2 Å². The van der Waals surface area contributed by atoms with Gasteiger partial charge in [-0.1, -0.05) is 0 Å². The van der Waals surface area contributed by atoms with Gasteiger partial charge in [0.05, 0.1) is 16.7 Å². The van der Waals surface area contributed by atoms with Crippen LogP contribution in [-0.2, 0) is 10.0 Å². The maximum absolute atomic E-state index is 11.9. The SMILES string of the molecule is Cc1cc(S(N)(=O)=O)cc(C)c1NC(=O)c1cn[nH]c1. The predicted octanol–water partition coefficient (Wildman–Crippen LogP) is 0.926. The molecule has 8 heteroatoms. The fraction of sp³-hybridized carbons (Fsp3) is 0.167. The first-order valence-electron chi connectivity index (χ1n) is 5.73. The lowest BCUT2D eigenvalue weighted by atomic mass is 10.1. The number of carbonyl (C=O) groups excluding carboxylic acids is 1. The van der Waals surface area contributed by atoms with Crippen molar-refractivity contribution in [1.82, 2.24) is 10.2 Å². The Bertz CT molecular complexity index is 728. The molecule has 0 aliphatic rings. The number of hydrogen-bond donors (Lipinski definition) is 3. The molecule has 0 atom stereocenters. The number of H-pyrrole nitrogens is 1. The molecule has 0 fully saturated rings. The van der Waals surface area contributed by atoms with E-state index in [-0.39, 0.29) is 10.8 Å². The number of anilines is 1. The highest BCUT2D eigenvalue weighted by Gasteiger charge is 2.15. The van der Waals surface area contributed by atoms with Crippen LogP contribution in [-0.4, -0.2) is 24.5 Å². The number of carbonyl (C=O) groups is 1. The van der Waals surface area contributed by atoms with Crippen LogP contribution in [0.25, 0.3) is 0 Å². The lowest BCUT2D eigenvalue weighted by Gasteiger charge is -2.12. The van der Waals surface area contributed by atoms with E-state index in [1.54, 1.807) is 13.8 Å². The smallest absolute Gasteiger partial charge is 0.258 e. The molecule has 1 amide bonds. The molecule has 1 heterocycles. The quantitative estimate of drug-likeness (QED) is 0.780. The summed E-state index contributed by atoms with van der Waals surface area (Å²) in [5, 5.41) is 14.1. The molecule has 0 aliphatic carbocycles. The number of nitrogens with zero attached hydrogens (tertiary/aromatic N) is 1. The zero-order chi connectivity index (χ0) is 14.9. The Kier molecular flexibility index (Phi) is 3.60. The minimum absolute atomic E-state index is 0.0220. The number of amides is 1. The van der Waals surface area contributed by atoms with E-state index in [1.807, 2.05) is 0 Å². The van der Waals surface area contributed by atoms with Gasteiger partial charge in [0.1, 0.15) is 0 Å². The Hall–Kier alpha value is -2.19. The highest BCUT2D eigenvalue weighted by molar-refractivity contribution is 7.89. The Morgan fingerprint density at radius 2 is 1.90 bits per heavy atom. The summed E-state index contributed by atoms with van der Waals surface area (Å²) in [5.74, 6) is -0.326. The van der Waals surface area contributed by atoms with E-state index in [0.717, 1.165) is 0 Å². The van der Waals surface area contributed by atoms with Crippen molar-refractivity contribution >= 4 is 21.6 Å². The number of aromatic nitrogens is 2. The number of rotatable bonds is 3. The molecule has 0 saturated carbocycles. The number of aromatic amines is 1. The Morgan fingerprint density at radius 3 is 2.35 bits per heavy atom. The molecular weight excluding hydrogens is 280 g/mol. The molecule has 7 nitrogen and oxygen atoms in total. The van der Waals surface area contributed by atoms with Crippen LogP contribution in [0.1, 0.15) is 21.5 Å². The van der Waals surface area contributed by atoms with Crippen molar-refractivity contribution < 1.29 is 13.2 Å². The third kappa shape index (κ3) is 2.86. The largest absolute Gasteiger partial charge is 0.321 e. The number of benzene rings is 1. The average molecular weight is 294 g/mol. The number of hydrogen-bond acceptors (Lipinski definition) is 4. The van der Waals surface area contributed by atoms with Crippen LogP contribution >= 0.6 is 0 Å². The zero-order valence-electron chi connectivity index (χ0n) is 11.0. The van der Waals surface area contributed by atoms with Crippen molar-refractivity contribution in [2.75, 3.05) is 5.32 Å². The third-order valence-electron chi connectivity index (χ3n) is 2.83. The van der Waals surface area contributed by atoms with Crippen LogP contribution in [0.3, 0.4) is 0 Å². The van der Waals surface area contributed by atoms with Crippen LogP contribution in [0, 0.1) is 13.8 Å². The summed E-state index contributed by atoms with van der Waals surface area (Å²) in [6, 6.07) is 2.85. The fourth-order valence-corrected chi connectivity index (χ4v) is 2.53. The molecule has 1 aromatic heterocycles. The van der Waals surface area contributed by atoms with Crippen molar-refractivity contribution in [2.24, 2.45) is 5.14 Å². The molecular formula is C12H14N4O3S. The lowest BCUT2D eigenvalue weighted by molar-refractivity contribution is 0.102. The first kappa shape index (κ1) is 14.2. The second kappa shape index (κ2) is 5.06. The van der Waals surface area contributed by atoms with Gasteiger partial charge in [-0.25, -0.2) is 13.6 Å². The monoisotopic (exact) mass is 294 g/mol. The molecule has 0 saturated heterocycles. The van der Waals surface area contributed by atoms with Gasteiger partial charge in [0.25, 0.3) is 5.91 Å². The van der Waals surface area contributed by atoms with Crippen molar-refractivity contribution in [3.05, 3.63) is 41.2 Å². The second-order valence-electron chi connectivity index (χ2n) is 4.42. The first-order valence-corrected chi connectivity index (χ1v) is 7.28. The molecule has 2 aromatic rings. The molecule has 1 aromatic carbocycles. The van der Waals surface area contributed by atoms with Gasteiger partial charge in [-0.15, -0.1) is 0 Å². The molecule has 0 aliphatic heterocycles. The number of primary sulfonamides is 1. The van der Waals surface area contributed by atoms with Crippen LogP contribution in [0.4, 0.5) is 5.69 Å². The lowest BCUT2D eigenvalue weighted by Crippen LogP contribution is -2.16. The molecule has 0 unspecified atom stereocenters. The minimum atomic E-state index is -3.76. The van der Waals surface area contributed by atoms with E-state index in [1.165, 1.54) is 24.5 Å². The Balaban J connectivity index is 2.37. The summed E-state index contributed by atoms with van der Waals surface area (Å²) in [6.07, 6.45) is 2.87. The molecule has 4 N–H and O–H groups in total. The van der Waals surface area contributed by atoms with Crippen molar-refractivity contribution in [3.63, 3.8) is 0 Å². The van der Waals surface area contributed by atoms with Gasteiger partial charge in [-0.2, -0.15) is 5.10 Å². The van der Waals surface area contributed by atoms with E-state index < -0.39 is 10.0 Å². The first-order chi connectivity index (χ1) is 9.29. The van der Waals surface area contributed by atoms with E-state index >= 15 is 0 Å². The van der Waals surface area contributed by atoms with Gasteiger partial charge < -0.3 is 5.32 Å². The number of aryl methyl sites for hydroxylation is 2. The van der Waals surface area contributed by atoms with E-state index in [0.29, 0.717) is 22.4 Å². The van der Waals surface area contributed by atoms with Gasteiger partial charge in [-0.05, 0) is 37.1 Å². The van der Waals surface area contributed by atoms with Gasteiger partial charge >= 0.3 is 0 Å². The minimum Gasteiger partial charge on any atom is -0.321 e. The highest BCUT2D eigenvalue weighted by Crippen LogP contribution is 2.24. The van der Waals surface area contributed by atoms with Gasteiger partial charge in [0, 0.05) is 11.9 Å². The summed E-state index contributed by atoms with van der Waals surface area (Å²) < 4.78 is 22.7. The molecule has 0 radical (unpaired) electrons. The zero-order valence-corrected chi connectivity index (χ0v) is 11.8. The van der Waals surface area contributed by atoms with Crippen LogP contribution in [0.15, 0.2) is 29.4 Å². The van der Waals surface area contributed by atoms with Gasteiger partial charge in [0.15, 0.2) is 0 Å². The summed E-state index contributed by atoms with van der Waals surface area (Å²) in [7, 11) is -3.76. The van der Waals surface area contributed by atoms with E-state index in [2.05, 4.69) is 15.5 Å². The van der Waals surface area contributed by atoms with Crippen LogP contribution in [0.2, 0.25) is 0 Å². The summed E-state index contributed by atoms with van der Waals surface area (Å²) in [6.45, 7) is 3.40. The van der Waals surface area contributed by atoms with Gasteiger partial charge in [-0.3, -0.25) is 9.89 Å². The summed E-state index contributed by atoms with van der Waals surface area (Å²) in [5.41, 5.74) is 2.18. The predicted molar refractivity (Wildman–Crippen MR) is 73.8 cm³/mol. The molecule has 106 valence electrons. The topological polar surface area (TPSA) is 118 Å².